The van der Waals surface area contributed by atoms with Crippen LogP contribution in [0.1, 0.15) is 63.0 Å². The molecule has 5 atom stereocenters. The van der Waals surface area contributed by atoms with Gasteiger partial charge >= 0.3 is 18.3 Å². The van der Waals surface area contributed by atoms with Crippen molar-refractivity contribution in [2.45, 2.75) is 88.2 Å². The first-order chi connectivity index (χ1) is 19.3. The van der Waals surface area contributed by atoms with Crippen LogP contribution in [0.2, 0.25) is 0 Å². The number of hydrogen-bond donors (Lipinski definition) is 4. The monoisotopic (exact) mass is 618 g/mol. The van der Waals surface area contributed by atoms with Gasteiger partial charge in [0.25, 0.3) is 5.92 Å². The minimum atomic E-state index is -5.08. The van der Waals surface area contributed by atoms with Gasteiger partial charge in [-0.3, -0.25) is 4.79 Å². The number of aromatic amines is 1. The molecule has 4 rings (SSSR count). The predicted octanol–water partition coefficient (Wildman–Crippen LogP) is 4.93. The number of aliphatic carboxylic acids is 1. The van der Waals surface area contributed by atoms with Crippen molar-refractivity contribution in [3.8, 4) is 0 Å². The summed E-state index contributed by atoms with van der Waals surface area (Å²) in [6.07, 6.45) is -11.1. The fourth-order valence-electron chi connectivity index (χ4n) is 3.78. The molecule has 1 aromatic heterocycles. The third-order valence-corrected chi connectivity index (χ3v) is 6.62. The number of fused-ring (bicyclic) bond motifs is 1. The summed E-state index contributed by atoms with van der Waals surface area (Å²) < 4.78 is 107. The van der Waals surface area contributed by atoms with E-state index in [2.05, 4.69) is 15.3 Å². The zero-order valence-corrected chi connectivity index (χ0v) is 22.4. The lowest BCUT2D eigenvalue weighted by Crippen LogP contribution is -2.36. The highest BCUT2D eigenvalue weighted by atomic mass is 19.4. The number of carboxylic acids is 1. The highest BCUT2D eigenvalue weighted by Gasteiger charge is 2.57. The first-order valence-electron chi connectivity index (χ1n) is 12.8. The Hall–Kier alpha value is -3.05. The van der Waals surface area contributed by atoms with Gasteiger partial charge in [0.2, 0.25) is 5.91 Å². The van der Waals surface area contributed by atoms with Gasteiger partial charge in [-0.1, -0.05) is 6.07 Å². The van der Waals surface area contributed by atoms with Gasteiger partial charge in [-0.2, -0.15) is 26.3 Å². The van der Waals surface area contributed by atoms with E-state index in [4.69, 9.17) is 25.1 Å². The number of rotatable bonds is 11. The largest absolute Gasteiger partial charge is 0.490 e. The van der Waals surface area contributed by atoms with Gasteiger partial charge in [0, 0.05) is 18.8 Å². The number of H-pyrrole nitrogens is 1. The quantitative estimate of drug-likeness (QED) is 0.262. The van der Waals surface area contributed by atoms with E-state index < -0.39 is 60.4 Å². The number of carbonyl (C=O) groups is 2. The molecule has 2 aliphatic carbocycles. The molecule has 1 aromatic carbocycles. The maximum Gasteiger partial charge on any atom is 0.490 e. The lowest BCUT2D eigenvalue weighted by molar-refractivity contribution is -0.227. The molecule has 17 heteroatoms. The summed E-state index contributed by atoms with van der Waals surface area (Å²) in [6, 6.07) is 3.66. The molecule has 236 valence electrons. The summed E-state index contributed by atoms with van der Waals surface area (Å²) in [5.74, 6) is -6.70. The molecule has 0 spiro atoms. The number of hydrogen-bond acceptors (Lipinski definition) is 6. The second kappa shape index (κ2) is 12.7. The van der Waals surface area contributed by atoms with E-state index in [1.54, 1.807) is 18.2 Å². The Morgan fingerprint density at radius 1 is 1.19 bits per heavy atom. The number of alkyl halides is 8. The first-order valence-corrected chi connectivity index (χ1v) is 12.8. The molecular weight excluding hydrogens is 588 g/mol. The Morgan fingerprint density at radius 2 is 1.79 bits per heavy atom. The van der Waals surface area contributed by atoms with Crippen molar-refractivity contribution < 1.29 is 59.3 Å². The van der Waals surface area contributed by atoms with Crippen LogP contribution in [0.3, 0.4) is 0 Å². The van der Waals surface area contributed by atoms with Crippen molar-refractivity contribution in [2.24, 2.45) is 11.7 Å². The Bertz CT molecular complexity index is 1250. The molecule has 42 heavy (non-hydrogen) atoms. The van der Waals surface area contributed by atoms with Gasteiger partial charge in [0.15, 0.2) is 6.10 Å². The normalized spacial score (nSPS) is 21.1. The zero-order chi connectivity index (χ0) is 31.6. The van der Waals surface area contributed by atoms with E-state index in [1.165, 1.54) is 6.92 Å². The third-order valence-electron chi connectivity index (χ3n) is 6.62. The number of halogens is 8. The van der Waals surface area contributed by atoms with Crippen LogP contribution in [0.4, 0.5) is 35.1 Å². The topological polar surface area (TPSA) is 140 Å². The lowest BCUT2D eigenvalue weighted by Gasteiger charge is -2.24. The van der Waals surface area contributed by atoms with E-state index >= 15 is 0 Å². The number of carbonyl (C=O) groups excluding carboxylic acids is 1. The van der Waals surface area contributed by atoms with E-state index in [1.807, 2.05) is 0 Å². The highest BCUT2D eigenvalue weighted by molar-refractivity contribution is 5.79. The molecule has 2 aliphatic rings. The number of nitrogens with one attached hydrogen (secondary N) is 2. The molecule has 0 aliphatic heterocycles. The summed E-state index contributed by atoms with van der Waals surface area (Å²) in [6.45, 7) is 2.53. The van der Waals surface area contributed by atoms with Crippen LogP contribution in [0, 0.1) is 5.92 Å². The summed E-state index contributed by atoms with van der Waals surface area (Å²) in [7, 11) is 0. The molecule has 2 saturated carbocycles. The fraction of sp³-hybridized carbons (Fsp3) is 0.640. The van der Waals surface area contributed by atoms with Gasteiger partial charge in [-0.15, -0.1) is 0 Å². The van der Waals surface area contributed by atoms with E-state index in [0.717, 1.165) is 19.8 Å². The summed E-state index contributed by atoms with van der Waals surface area (Å²) >= 11 is 0. The van der Waals surface area contributed by atoms with Crippen LogP contribution < -0.4 is 11.1 Å². The standard InChI is InChI=1S/C23H29F5N4O3.C2HF3O2/c1-11(35-12(2)23(26,27)28)20(29)21-31-16-6-3-13(7-17(16)32-21)18(10-34-15-4-5-15)30-19(33)8-14-9-22(14,24)25;3-2(4,5)1(6)7/h3,6-7,11-12,14-15,18,20H,4-5,8-10,29H2,1-2H3,(H,30,33)(H,31,32);(H,6,7)/t11-,12-,14+,18-,20+;/m1./s1. The minimum Gasteiger partial charge on any atom is -0.475 e. The minimum absolute atomic E-state index is 0.126. The Morgan fingerprint density at radius 3 is 2.29 bits per heavy atom. The molecule has 1 heterocycles. The van der Waals surface area contributed by atoms with E-state index in [9.17, 15) is 39.9 Å². The maximum atomic E-state index is 13.2. The number of amides is 1. The van der Waals surface area contributed by atoms with Gasteiger partial charge in [0.05, 0.1) is 41.9 Å². The first kappa shape index (κ1) is 33.5. The molecule has 2 aromatic rings. The molecule has 2 fully saturated rings. The fourth-order valence-corrected chi connectivity index (χ4v) is 3.78. The SMILES string of the molecule is C[C@@H](O[C@H](C)C(F)(F)F)[C@H](N)c1nc2cc([C@@H](COC3CC3)NC(=O)C[C@H]3CC3(F)F)ccc2[nH]1.O=C(O)C(F)(F)F. The number of carboxylic acid groups (broad SMARTS) is 1. The molecule has 0 unspecified atom stereocenters. The van der Waals surface area contributed by atoms with Crippen LogP contribution in [0.5, 0.6) is 0 Å². The van der Waals surface area contributed by atoms with Crippen molar-refractivity contribution in [1.29, 1.82) is 0 Å². The van der Waals surface area contributed by atoms with Crippen molar-refractivity contribution in [1.82, 2.24) is 15.3 Å². The van der Waals surface area contributed by atoms with E-state index in [0.29, 0.717) is 16.6 Å². The van der Waals surface area contributed by atoms with Crippen LogP contribution in [0.15, 0.2) is 18.2 Å². The molecule has 9 nitrogen and oxygen atoms in total. The van der Waals surface area contributed by atoms with Crippen LogP contribution in [-0.4, -0.2) is 70.1 Å². The number of imidazole rings is 1. The Labute approximate surface area is 234 Å². The third kappa shape index (κ3) is 9.49. The van der Waals surface area contributed by atoms with Crippen molar-refractivity contribution in [2.75, 3.05) is 6.61 Å². The molecule has 0 radical (unpaired) electrons. The zero-order valence-electron chi connectivity index (χ0n) is 22.4. The summed E-state index contributed by atoms with van der Waals surface area (Å²) in [4.78, 5) is 28.7. The van der Waals surface area contributed by atoms with Gasteiger partial charge in [-0.05, 0) is 44.4 Å². The predicted molar refractivity (Wildman–Crippen MR) is 130 cm³/mol. The summed E-state index contributed by atoms with van der Waals surface area (Å²) in [5.41, 5.74) is 7.85. The lowest BCUT2D eigenvalue weighted by atomic mass is 10.1. The smallest absolute Gasteiger partial charge is 0.475 e. The highest BCUT2D eigenvalue weighted by Crippen LogP contribution is 2.50. The van der Waals surface area contributed by atoms with Crippen molar-refractivity contribution >= 4 is 22.9 Å². The molecule has 1 amide bonds. The maximum absolute atomic E-state index is 13.2. The number of ether oxygens (including phenoxy) is 2. The second-order valence-corrected chi connectivity index (χ2v) is 10.3. The Kier molecular flexibility index (Phi) is 10.1. The molecule has 0 bridgehead atoms. The number of nitrogens with two attached hydrogens (primary N) is 1. The van der Waals surface area contributed by atoms with E-state index in [-0.39, 0.29) is 31.4 Å². The van der Waals surface area contributed by atoms with Crippen molar-refractivity contribution in [3.05, 3.63) is 29.6 Å². The van der Waals surface area contributed by atoms with Crippen LogP contribution in [-0.2, 0) is 19.1 Å². The number of nitrogens with zero attached hydrogens (tertiary/aromatic N) is 1. The van der Waals surface area contributed by atoms with Gasteiger partial charge in [-0.25, -0.2) is 18.6 Å². The average Bonchev–Trinajstić information content (AvgIpc) is 3.75. The number of aromatic nitrogens is 2. The molecular formula is C25H30F8N4O5. The molecule has 0 saturated heterocycles. The van der Waals surface area contributed by atoms with Crippen LogP contribution in [0.25, 0.3) is 11.0 Å². The average molecular weight is 619 g/mol. The van der Waals surface area contributed by atoms with Gasteiger partial charge in [0.1, 0.15) is 5.82 Å². The number of benzene rings is 1. The molecule has 5 N–H and O–H groups in total. The van der Waals surface area contributed by atoms with Crippen LogP contribution >= 0.6 is 0 Å². The van der Waals surface area contributed by atoms with Gasteiger partial charge < -0.3 is 30.6 Å². The second-order valence-electron chi connectivity index (χ2n) is 10.3. The van der Waals surface area contributed by atoms with Crippen molar-refractivity contribution in [3.63, 3.8) is 0 Å². The Balaban J connectivity index is 0.000000616. The summed E-state index contributed by atoms with van der Waals surface area (Å²) in [5, 5.41) is 9.91.